The van der Waals surface area contributed by atoms with Gasteiger partial charge in [0.2, 0.25) is 0 Å². The summed E-state index contributed by atoms with van der Waals surface area (Å²) >= 11 is 0. The molecular formula is C57H39NO2. The highest BCUT2D eigenvalue weighted by Gasteiger charge is 2.35. The van der Waals surface area contributed by atoms with E-state index in [-0.39, 0.29) is 5.41 Å². The molecule has 3 heteroatoms. The Balaban J connectivity index is 1.00. The second kappa shape index (κ2) is 13.2. The molecule has 0 N–H and O–H groups in total. The first-order chi connectivity index (χ1) is 29.5. The van der Waals surface area contributed by atoms with Crippen molar-refractivity contribution in [1.29, 1.82) is 0 Å². The molecule has 2 heterocycles. The first-order valence-corrected chi connectivity index (χ1v) is 20.7. The molecule has 3 nitrogen and oxygen atoms in total. The standard InChI is InChI=1S/C57H39NO2/c1-57(2)51-20-9-6-15-43(51)44-32-31-42(35-52(44)57)58(40-27-23-37(24-28-40)36-13-4-3-5-14-36)41-29-25-38(26-30-41)39-33-49-46-17-8-11-22-54(46)60-56(49)50(34-39)48-19-12-18-47-45-16-7-10-21-53(45)59-55(47)48/h3-35H,1-2H3. The molecule has 2 aromatic heterocycles. The van der Waals surface area contributed by atoms with Gasteiger partial charge in [-0.1, -0.05) is 153 Å². The third-order valence-corrected chi connectivity index (χ3v) is 12.7. The molecule has 0 bridgehead atoms. The summed E-state index contributed by atoms with van der Waals surface area (Å²) in [6.45, 7) is 4.69. The van der Waals surface area contributed by atoms with Gasteiger partial charge in [-0.25, -0.2) is 0 Å². The van der Waals surface area contributed by atoms with Gasteiger partial charge in [0.05, 0.1) is 0 Å². The van der Waals surface area contributed by atoms with Gasteiger partial charge in [0.1, 0.15) is 22.3 Å². The van der Waals surface area contributed by atoms with Crippen LogP contribution < -0.4 is 4.90 Å². The van der Waals surface area contributed by atoms with E-state index < -0.39 is 0 Å². The number of nitrogens with zero attached hydrogens (tertiary/aromatic N) is 1. The quantitative estimate of drug-likeness (QED) is 0.169. The Bertz CT molecular complexity index is 3440. The van der Waals surface area contributed by atoms with E-state index in [1.54, 1.807) is 0 Å². The van der Waals surface area contributed by atoms with Crippen LogP contribution in [-0.2, 0) is 5.41 Å². The van der Waals surface area contributed by atoms with E-state index in [4.69, 9.17) is 8.83 Å². The fraction of sp³-hybridized carbons (Fsp3) is 0.0526. The normalized spacial score (nSPS) is 13.0. The number of anilines is 3. The summed E-state index contributed by atoms with van der Waals surface area (Å²) in [5, 5.41) is 4.38. The van der Waals surface area contributed by atoms with Gasteiger partial charge in [-0.15, -0.1) is 0 Å². The Morgan fingerprint density at radius 3 is 1.57 bits per heavy atom. The van der Waals surface area contributed by atoms with Crippen LogP contribution in [0.1, 0.15) is 25.0 Å². The van der Waals surface area contributed by atoms with Gasteiger partial charge >= 0.3 is 0 Å². The summed E-state index contributed by atoms with van der Waals surface area (Å²) in [5.74, 6) is 0. The van der Waals surface area contributed by atoms with Crippen molar-refractivity contribution < 1.29 is 8.83 Å². The van der Waals surface area contributed by atoms with E-state index in [1.807, 2.05) is 18.2 Å². The molecule has 0 fully saturated rings. The zero-order valence-electron chi connectivity index (χ0n) is 33.3. The van der Waals surface area contributed by atoms with Crippen LogP contribution in [0.15, 0.2) is 209 Å². The molecule has 0 aliphatic heterocycles. The van der Waals surface area contributed by atoms with Gasteiger partial charge in [-0.05, 0) is 105 Å². The molecule has 0 spiro atoms. The second-order valence-corrected chi connectivity index (χ2v) is 16.5. The van der Waals surface area contributed by atoms with E-state index >= 15 is 0 Å². The summed E-state index contributed by atoms with van der Waals surface area (Å²) in [5.41, 5.74) is 18.7. The minimum atomic E-state index is -0.116. The average molecular weight is 770 g/mol. The molecule has 284 valence electrons. The summed E-state index contributed by atoms with van der Waals surface area (Å²) in [4.78, 5) is 2.39. The first-order valence-electron chi connectivity index (χ1n) is 20.7. The van der Waals surface area contributed by atoms with Crippen molar-refractivity contribution in [2.45, 2.75) is 19.3 Å². The third-order valence-electron chi connectivity index (χ3n) is 12.7. The van der Waals surface area contributed by atoms with E-state index in [0.29, 0.717) is 0 Å². The zero-order valence-corrected chi connectivity index (χ0v) is 33.3. The molecule has 0 amide bonds. The minimum Gasteiger partial charge on any atom is -0.455 e. The lowest BCUT2D eigenvalue weighted by Gasteiger charge is -2.28. The Kier molecular flexibility index (Phi) is 7.58. The van der Waals surface area contributed by atoms with Gasteiger partial charge in [0, 0.05) is 55.1 Å². The summed E-state index contributed by atoms with van der Waals surface area (Å²) < 4.78 is 13.2. The molecule has 0 radical (unpaired) electrons. The molecule has 60 heavy (non-hydrogen) atoms. The van der Waals surface area contributed by atoms with Crippen LogP contribution >= 0.6 is 0 Å². The molecular weight excluding hydrogens is 731 g/mol. The summed E-state index contributed by atoms with van der Waals surface area (Å²) in [6, 6.07) is 71.9. The second-order valence-electron chi connectivity index (χ2n) is 16.5. The van der Waals surface area contributed by atoms with Crippen LogP contribution in [0.3, 0.4) is 0 Å². The van der Waals surface area contributed by atoms with Gasteiger partial charge in [-0.3, -0.25) is 0 Å². The Hall–Kier alpha value is -7.62. The molecule has 0 unspecified atom stereocenters. The zero-order chi connectivity index (χ0) is 40.0. The van der Waals surface area contributed by atoms with Crippen molar-refractivity contribution in [3.63, 3.8) is 0 Å². The van der Waals surface area contributed by atoms with E-state index in [9.17, 15) is 0 Å². The number of para-hydroxylation sites is 3. The van der Waals surface area contributed by atoms with E-state index in [1.165, 1.54) is 33.4 Å². The number of benzene rings is 9. The van der Waals surface area contributed by atoms with Gasteiger partial charge in [0.15, 0.2) is 0 Å². The maximum absolute atomic E-state index is 6.66. The summed E-state index contributed by atoms with van der Waals surface area (Å²) in [7, 11) is 0. The first kappa shape index (κ1) is 34.4. The lowest BCUT2D eigenvalue weighted by Crippen LogP contribution is -2.16. The van der Waals surface area contributed by atoms with Crippen molar-refractivity contribution in [2.24, 2.45) is 0 Å². The monoisotopic (exact) mass is 769 g/mol. The largest absolute Gasteiger partial charge is 0.455 e. The highest BCUT2D eigenvalue weighted by molar-refractivity contribution is 6.16. The van der Waals surface area contributed by atoms with Crippen molar-refractivity contribution in [2.75, 3.05) is 4.90 Å². The van der Waals surface area contributed by atoms with Crippen LogP contribution in [0.2, 0.25) is 0 Å². The van der Waals surface area contributed by atoms with Crippen LogP contribution in [0.25, 0.3) is 88.4 Å². The third kappa shape index (κ3) is 5.29. The molecule has 0 saturated carbocycles. The highest BCUT2D eigenvalue weighted by atomic mass is 16.3. The molecule has 1 aliphatic rings. The molecule has 1 aliphatic carbocycles. The van der Waals surface area contributed by atoms with Gasteiger partial charge in [0.25, 0.3) is 0 Å². The Morgan fingerprint density at radius 2 is 0.850 bits per heavy atom. The SMILES string of the molecule is CC1(C)c2ccccc2-c2ccc(N(c3ccc(-c4ccccc4)cc3)c3ccc(-c4cc(-c5cccc6c5oc5ccccc56)c5oc6ccccc6c5c4)cc3)cc21. The number of hydrogen-bond donors (Lipinski definition) is 0. The minimum absolute atomic E-state index is 0.116. The van der Waals surface area contributed by atoms with Crippen molar-refractivity contribution in [3.8, 4) is 44.5 Å². The number of hydrogen-bond acceptors (Lipinski definition) is 3. The van der Waals surface area contributed by atoms with Gasteiger partial charge < -0.3 is 13.7 Å². The fourth-order valence-corrected chi connectivity index (χ4v) is 9.67. The van der Waals surface area contributed by atoms with Crippen molar-refractivity contribution in [3.05, 3.63) is 211 Å². The van der Waals surface area contributed by atoms with E-state index in [2.05, 4.69) is 201 Å². The fourth-order valence-electron chi connectivity index (χ4n) is 9.67. The van der Waals surface area contributed by atoms with Crippen LogP contribution in [0.4, 0.5) is 17.1 Å². The Labute approximate surface area is 348 Å². The topological polar surface area (TPSA) is 29.5 Å². The van der Waals surface area contributed by atoms with Crippen LogP contribution in [-0.4, -0.2) is 0 Å². The number of rotatable bonds is 6. The van der Waals surface area contributed by atoms with Crippen molar-refractivity contribution in [1.82, 2.24) is 0 Å². The van der Waals surface area contributed by atoms with Crippen LogP contribution in [0.5, 0.6) is 0 Å². The van der Waals surface area contributed by atoms with E-state index in [0.717, 1.165) is 83.2 Å². The van der Waals surface area contributed by atoms with Crippen LogP contribution in [0, 0.1) is 0 Å². The molecule has 0 atom stereocenters. The Morgan fingerprint density at radius 1 is 0.333 bits per heavy atom. The average Bonchev–Trinajstić information content (AvgIpc) is 3.95. The maximum Gasteiger partial charge on any atom is 0.143 e. The predicted molar refractivity (Wildman–Crippen MR) is 250 cm³/mol. The smallest absolute Gasteiger partial charge is 0.143 e. The maximum atomic E-state index is 6.66. The number of fused-ring (bicyclic) bond motifs is 9. The lowest BCUT2D eigenvalue weighted by molar-refractivity contribution is 0.660. The summed E-state index contributed by atoms with van der Waals surface area (Å²) in [6.07, 6.45) is 0. The van der Waals surface area contributed by atoms with Crippen molar-refractivity contribution >= 4 is 60.9 Å². The number of furan rings is 2. The molecule has 12 rings (SSSR count). The molecule has 11 aromatic rings. The molecule has 9 aromatic carbocycles. The van der Waals surface area contributed by atoms with Gasteiger partial charge in [-0.2, -0.15) is 0 Å². The predicted octanol–water partition coefficient (Wildman–Crippen LogP) is 16.3. The lowest BCUT2D eigenvalue weighted by atomic mass is 9.82. The molecule has 0 saturated heterocycles. The highest BCUT2D eigenvalue weighted by Crippen LogP contribution is 2.51.